The Morgan fingerprint density at radius 2 is 1.82 bits per heavy atom. The van der Waals surface area contributed by atoms with Crippen molar-refractivity contribution in [2.45, 2.75) is 6.92 Å². The monoisotopic (exact) mass is 227 g/mol. The van der Waals surface area contributed by atoms with E-state index in [1.165, 1.54) is 18.3 Å². The smallest absolute Gasteiger partial charge is 0.216 e. The van der Waals surface area contributed by atoms with Crippen LogP contribution in [0.4, 0.5) is 5.69 Å². The topological polar surface area (TPSA) is 46.3 Å². The number of benzene rings is 2. The zero-order chi connectivity index (χ0) is 12.3. The van der Waals surface area contributed by atoms with Crippen LogP contribution in [-0.4, -0.2) is 16.1 Å². The highest BCUT2D eigenvalue weighted by molar-refractivity contribution is 5.76. The number of hydrogen-bond donors (Lipinski definition) is 1. The Hall–Kier alpha value is -2.29. The first-order chi connectivity index (χ1) is 8.15. The van der Waals surface area contributed by atoms with Gasteiger partial charge in [0, 0.05) is 17.7 Å². The van der Waals surface area contributed by atoms with E-state index < -0.39 is 0 Å². The van der Waals surface area contributed by atoms with Crippen LogP contribution in [0.15, 0.2) is 48.5 Å². The lowest BCUT2D eigenvalue weighted by atomic mass is 10.1. The van der Waals surface area contributed by atoms with E-state index in [0.29, 0.717) is 5.69 Å². The fraction of sp³-hybridized carbons (Fsp3) is 0.0714. The maximum absolute atomic E-state index is 11.8. The van der Waals surface area contributed by atoms with E-state index in [1.54, 1.807) is 12.1 Å². The summed E-state index contributed by atoms with van der Waals surface area (Å²) in [5.41, 5.74) is 2.45. The van der Waals surface area contributed by atoms with E-state index in [2.05, 4.69) is 0 Å². The van der Waals surface area contributed by atoms with E-state index in [-0.39, 0.29) is 5.75 Å². The maximum Gasteiger partial charge on any atom is 0.216 e. The van der Waals surface area contributed by atoms with Crippen molar-refractivity contribution in [3.63, 3.8) is 0 Å². The van der Waals surface area contributed by atoms with Crippen LogP contribution in [0.3, 0.4) is 0 Å². The summed E-state index contributed by atoms with van der Waals surface area (Å²) in [6.45, 7) is 1.98. The van der Waals surface area contributed by atoms with Crippen LogP contribution < -0.4 is 0 Å². The Morgan fingerprint density at radius 1 is 1.12 bits per heavy atom. The highest BCUT2D eigenvalue weighted by Crippen LogP contribution is 2.16. The number of hydrogen-bond acceptors (Lipinski definition) is 2. The lowest BCUT2D eigenvalue weighted by molar-refractivity contribution is -0.354. The predicted molar refractivity (Wildman–Crippen MR) is 67.7 cm³/mol. The first-order valence-electron chi connectivity index (χ1n) is 5.32. The van der Waals surface area contributed by atoms with E-state index in [9.17, 15) is 5.21 Å². The second-order valence-electron chi connectivity index (χ2n) is 3.89. The fourth-order valence-corrected chi connectivity index (χ4v) is 1.56. The molecule has 1 N–H and O–H groups in total. The summed E-state index contributed by atoms with van der Waals surface area (Å²) in [4.78, 5) is 0. The quantitative estimate of drug-likeness (QED) is 0.371. The largest absolute Gasteiger partial charge is 0.618 e. The van der Waals surface area contributed by atoms with Gasteiger partial charge in [-0.1, -0.05) is 17.7 Å². The molecule has 0 heterocycles. The Kier molecular flexibility index (Phi) is 3.10. The van der Waals surface area contributed by atoms with Crippen LogP contribution in [0.2, 0.25) is 0 Å². The third-order valence-corrected chi connectivity index (χ3v) is 2.41. The van der Waals surface area contributed by atoms with Crippen LogP contribution in [-0.2, 0) is 0 Å². The molecule has 2 rings (SSSR count). The third kappa shape index (κ3) is 2.84. The Labute approximate surface area is 99.9 Å². The van der Waals surface area contributed by atoms with Gasteiger partial charge in [-0.25, -0.2) is 0 Å². The standard InChI is InChI=1S/C14H13NO2/c1-11-3-2-4-12(9-11)10-15(17)13-5-7-14(16)8-6-13/h2-10,16H,1H3. The number of phenols is 1. The number of rotatable bonds is 2. The van der Waals surface area contributed by atoms with E-state index >= 15 is 0 Å². The molecule has 0 spiro atoms. The fourth-order valence-electron chi connectivity index (χ4n) is 1.56. The zero-order valence-electron chi connectivity index (χ0n) is 9.50. The Bertz CT molecular complexity index is 544. The van der Waals surface area contributed by atoms with Gasteiger partial charge in [-0.3, -0.25) is 0 Å². The van der Waals surface area contributed by atoms with E-state index in [0.717, 1.165) is 15.9 Å². The summed E-state index contributed by atoms with van der Waals surface area (Å²) in [6, 6.07) is 13.8. The van der Waals surface area contributed by atoms with Gasteiger partial charge in [-0.2, -0.15) is 4.74 Å². The lowest BCUT2D eigenvalue weighted by Crippen LogP contribution is -1.98. The lowest BCUT2D eigenvalue weighted by Gasteiger charge is -2.03. The van der Waals surface area contributed by atoms with Gasteiger partial charge in [0.15, 0.2) is 6.21 Å². The number of aromatic hydroxyl groups is 1. The molecule has 0 aliphatic rings. The molecular formula is C14H13NO2. The van der Waals surface area contributed by atoms with Gasteiger partial charge in [-0.05, 0) is 31.2 Å². The molecule has 0 radical (unpaired) electrons. The Morgan fingerprint density at radius 3 is 2.47 bits per heavy atom. The predicted octanol–water partition coefficient (Wildman–Crippen LogP) is 2.96. The second-order valence-corrected chi connectivity index (χ2v) is 3.89. The van der Waals surface area contributed by atoms with Crippen molar-refractivity contribution >= 4 is 11.9 Å². The second kappa shape index (κ2) is 4.70. The van der Waals surface area contributed by atoms with Crippen molar-refractivity contribution in [2.24, 2.45) is 0 Å². The first-order valence-corrected chi connectivity index (χ1v) is 5.32. The molecule has 0 saturated heterocycles. The van der Waals surface area contributed by atoms with Crippen LogP contribution in [0.5, 0.6) is 5.75 Å². The molecular weight excluding hydrogens is 214 g/mol. The summed E-state index contributed by atoms with van der Waals surface area (Å²) < 4.78 is 0.786. The molecule has 0 amide bonds. The summed E-state index contributed by atoms with van der Waals surface area (Å²) in [7, 11) is 0. The van der Waals surface area contributed by atoms with Crippen molar-refractivity contribution < 1.29 is 9.85 Å². The molecule has 2 aromatic carbocycles. The molecule has 3 nitrogen and oxygen atoms in total. The molecule has 0 aromatic heterocycles. The van der Waals surface area contributed by atoms with Gasteiger partial charge in [-0.15, -0.1) is 0 Å². The molecule has 0 aliphatic heterocycles. The van der Waals surface area contributed by atoms with Crippen molar-refractivity contribution in [3.8, 4) is 5.75 Å². The highest BCUT2D eigenvalue weighted by Gasteiger charge is 2.01. The average Bonchev–Trinajstić information content (AvgIpc) is 2.29. The molecule has 0 bridgehead atoms. The maximum atomic E-state index is 11.8. The molecule has 0 unspecified atom stereocenters. The third-order valence-electron chi connectivity index (χ3n) is 2.41. The molecule has 0 fully saturated rings. The minimum Gasteiger partial charge on any atom is -0.618 e. The summed E-state index contributed by atoms with van der Waals surface area (Å²) >= 11 is 0. The van der Waals surface area contributed by atoms with Gasteiger partial charge < -0.3 is 10.3 Å². The van der Waals surface area contributed by atoms with Crippen molar-refractivity contribution in [1.82, 2.24) is 0 Å². The summed E-state index contributed by atoms with van der Waals surface area (Å²) in [5, 5.41) is 20.9. The molecule has 0 atom stereocenters. The van der Waals surface area contributed by atoms with Crippen molar-refractivity contribution in [1.29, 1.82) is 0 Å². The van der Waals surface area contributed by atoms with Gasteiger partial charge >= 0.3 is 0 Å². The molecule has 17 heavy (non-hydrogen) atoms. The van der Waals surface area contributed by atoms with Crippen molar-refractivity contribution in [3.05, 3.63) is 64.9 Å². The molecule has 86 valence electrons. The summed E-state index contributed by atoms with van der Waals surface area (Å²) in [6.07, 6.45) is 1.51. The van der Waals surface area contributed by atoms with Gasteiger partial charge in [0.2, 0.25) is 5.69 Å². The van der Waals surface area contributed by atoms with Crippen molar-refractivity contribution in [2.75, 3.05) is 0 Å². The number of nitrogens with zero attached hydrogens (tertiary/aromatic N) is 1. The molecule has 0 saturated carbocycles. The van der Waals surface area contributed by atoms with Gasteiger partial charge in [0.05, 0.1) is 0 Å². The zero-order valence-corrected chi connectivity index (χ0v) is 9.50. The van der Waals surface area contributed by atoms with E-state index in [1.807, 2.05) is 31.2 Å². The van der Waals surface area contributed by atoms with Crippen LogP contribution in [0.25, 0.3) is 0 Å². The first kappa shape index (κ1) is 11.2. The number of phenolic OH excluding ortho intramolecular Hbond substituents is 1. The average molecular weight is 227 g/mol. The highest BCUT2D eigenvalue weighted by atomic mass is 16.5. The Balaban J connectivity index is 2.30. The SMILES string of the molecule is Cc1cccc(C=[N+]([O-])c2ccc(O)cc2)c1. The van der Waals surface area contributed by atoms with Crippen LogP contribution in [0, 0.1) is 12.1 Å². The van der Waals surface area contributed by atoms with Crippen LogP contribution >= 0.6 is 0 Å². The van der Waals surface area contributed by atoms with Gasteiger partial charge in [0.25, 0.3) is 0 Å². The molecule has 2 aromatic rings. The molecule has 0 aliphatic carbocycles. The minimum absolute atomic E-state index is 0.151. The summed E-state index contributed by atoms with van der Waals surface area (Å²) in [5.74, 6) is 0.151. The van der Waals surface area contributed by atoms with Gasteiger partial charge in [0.1, 0.15) is 5.75 Å². The van der Waals surface area contributed by atoms with E-state index in [4.69, 9.17) is 5.11 Å². The molecule has 3 heteroatoms. The normalized spacial score (nSPS) is 11.5. The van der Waals surface area contributed by atoms with Crippen LogP contribution in [0.1, 0.15) is 11.1 Å². The minimum atomic E-state index is 0.151. The number of aryl methyl sites for hydroxylation is 1.